The lowest BCUT2D eigenvalue weighted by molar-refractivity contribution is -0.139. The van der Waals surface area contributed by atoms with Gasteiger partial charge in [0.2, 0.25) is 0 Å². The predicted molar refractivity (Wildman–Crippen MR) is 71.0 cm³/mol. The van der Waals surface area contributed by atoms with Gasteiger partial charge in [-0.25, -0.2) is 0 Å². The Kier molecular flexibility index (Phi) is 6.23. The molecular formula is C13H15NO2S. The van der Waals surface area contributed by atoms with Crippen molar-refractivity contribution in [2.75, 3.05) is 18.1 Å². The smallest absolute Gasteiger partial charge is 0.325 e. The Hall–Kier alpha value is -1.44. The Bertz CT molecular complexity index is 386. The van der Waals surface area contributed by atoms with Crippen molar-refractivity contribution >= 4 is 17.7 Å². The van der Waals surface area contributed by atoms with E-state index in [0.29, 0.717) is 12.3 Å². The van der Waals surface area contributed by atoms with Crippen molar-refractivity contribution in [2.24, 2.45) is 0 Å². The first kappa shape index (κ1) is 13.6. The Morgan fingerprint density at radius 3 is 2.76 bits per heavy atom. The molecule has 0 aliphatic rings. The highest BCUT2D eigenvalue weighted by Gasteiger charge is 2.17. The summed E-state index contributed by atoms with van der Waals surface area (Å²) in [6.45, 7) is 0.623. The van der Waals surface area contributed by atoms with Crippen LogP contribution in [0.3, 0.4) is 0 Å². The summed E-state index contributed by atoms with van der Waals surface area (Å²) in [5.41, 5.74) is 0.766. The molecule has 0 saturated heterocycles. The van der Waals surface area contributed by atoms with E-state index in [2.05, 4.69) is 11.2 Å². The average Bonchev–Trinajstić information content (AvgIpc) is 2.34. The largest absolute Gasteiger partial charge is 0.480 e. The molecule has 0 amide bonds. The van der Waals surface area contributed by atoms with E-state index in [4.69, 9.17) is 11.5 Å². The summed E-state index contributed by atoms with van der Waals surface area (Å²) in [6, 6.07) is 8.49. The van der Waals surface area contributed by atoms with Gasteiger partial charge in [0.05, 0.1) is 5.75 Å². The van der Waals surface area contributed by atoms with Crippen molar-refractivity contribution in [3.05, 3.63) is 35.9 Å². The van der Waals surface area contributed by atoms with Crippen LogP contribution in [0, 0.1) is 12.3 Å². The second kappa shape index (κ2) is 7.77. The minimum Gasteiger partial charge on any atom is -0.480 e. The number of hydrogen-bond donors (Lipinski definition) is 2. The quantitative estimate of drug-likeness (QED) is 0.571. The van der Waals surface area contributed by atoms with Gasteiger partial charge in [-0.05, 0) is 5.56 Å². The number of carbonyl (C=O) groups is 1. The molecule has 1 atom stereocenters. The fourth-order valence-corrected chi connectivity index (χ4v) is 1.92. The number of terminal acetylenes is 1. The zero-order valence-electron chi connectivity index (χ0n) is 9.43. The topological polar surface area (TPSA) is 49.3 Å². The van der Waals surface area contributed by atoms with Crippen LogP contribution in [0.25, 0.3) is 0 Å². The molecule has 90 valence electrons. The highest BCUT2D eigenvalue weighted by molar-refractivity contribution is 7.99. The number of thioether (sulfide) groups is 1. The lowest BCUT2D eigenvalue weighted by atomic mass is 10.1. The van der Waals surface area contributed by atoms with Gasteiger partial charge < -0.3 is 5.11 Å². The predicted octanol–water partition coefficient (Wildman–Crippen LogP) is 1.77. The SMILES string of the molecule is C#CCSCCNC(C(=O)O)c1ccccc1. The summed E-state index contributed by atoms with van der Waals surface area (Å²) in [5, 5.41) is 12.1. The Morgan fingerprint density at radius 1 is 1.47 bits per heavy atom. The lowest BCUT2D eigenvalue weighted by Gasteiger charge is -2.14. The number of aliphatic carboxylic acids is 1. The van der Waals surface area contributed by atoms with Crippen LogP contribution in [-0.4, -0.2) is 29.1 Å². The van der Waals surface area contributed by atoms with Gasteiger partial charge in [-0.3, -0.25) is 10.1 Å². The molecule has 0 spiro atoms. The maximum atomic E-state index is 11.1. The highest BCUT2D eigenvalue weighted by atomic mass is 32.2. The van der Waals surface area contributed by atoms with E-state index < -0.39 is 12.0 Å². The molecule has 0 aliphatic carbocycles. The first-order valence-electron chi connectivity index (χ1n) is 5.28. The second-order valence-electron chi connectivity index (χ2n) is 3.39. The molecule has 1 rings (SSSR count). The molecule has 0 aromatic heterocycles. The number of benzene rings is 1. The van der Waals surface area contributed by atoms with Gasteiger partial charge >= 0.3 is 5.97 Å². The van der Waals surface area contributed by atoms with Gasteiger partial charge in [0.1, 0.15) is 6.04 Å². The van der Waals surface area contributed by atoms with Gasteiger partial charge in [0.25, 0.3) is 0 Å². The first-order valence-corrected chi connectivity index (χ1v) is 6.43. The Labute approximate surface area is 106 Å². The molecule has 17 heavy (non-hydrogen) atoms. The average molecular weight is 249 g/mol. The number of carboxylic acid groups (broad SMARTS) is 1. The molecular weight excluding hydrogens is 234 g/mol. The van der Waals surface area contributed by atoms with Gasteiger partial charge in [-0.15, -0.1) is 18.2 Å². The van der Waals surface area contributed by atoms with Crippen LogP contribution in [0.5, 0.6) is 0 Å². The molecule has 4 heteroatoms. The van der Waals surface area contributed by atoms with Crippen molar-refractivity contribution in [1.29, 1.82) is 0 Å². The van der Waals surface area contributed by atoms with Crippen LogP contribution >= 0.6 is 11.8 Å². The first-order chi connectivity index (χ1) is 8.25. The van der Waals surface area contributed by atoms with Crippen molar-refractivity contribution in [3.8, 4) is 12.3 Å². The molecule has 1 aromatic carbocycles. The molecule has 1 aromatic rings. The highest BCUT2D eigenvalue weighted by Crippen LogP contribution is 2.12. The summed E-state index contributed by atoms with van der Waals surface area (Å²) in [6.07, 6.45) is 5.12. The molecule has 0 heterocycles. The summed E-state index contributed by atoms with van der Waals surface area (Å²) in [5.74, 6) is 3.13. The van der Waals surface area contributed by atoms with Crippen LogP contribution in [0.4, 0.5) is 0 Å². The molecule has 0 bridgehead atoms. The van der Waals surface area contributed by atoms with Crippen LogP contribution < -0.4 is 5.32 Å². The van der Waals surface area contributed by atoms with Crippen molar-refractivity contribution in [1.82, 2.24) is 5.32 Å². The zero-order chi connectivity index (χ0) is 12.5. The maximum Gasteiger partial charge on any atom is 0.325 e. The van der Waals surface area contributed by atoms with Gasteiger partial charge in [0, 0.05) is 12.3 Å². The van der Waals surface area contributed by atoms with Gasteiger partial charge in [-0.2, -0.15) is 0 Å². The van der Waals surface area contributed by atoms with Crippen LogP contribution in [0.15, 0.2) is 30.3 Å². The fraction of sp³-hybridized carbons (Fsp3) is 0.308. The molecule has 0 radical (unpaired) electrons. The molecule has 0 fully saturated rings. The Balaban J connectivity index is 2.46. The zero-order valence-corrected chi connectivity index (χ0v) is 10.2. The van der Waals surface area contributed by atoms with Gasteiger partial charge in [-0.1, -0.05) is 36.3 Å². The lowest BCUT2D eigenvalue weighted by Crippen LogP contribution is -2.30. The summed E-state index contributed by atoms with van der Waals surface area (Å²) in [4.78, 5) is 11.1. The monoisotopic (exact) mass is 249 g/mol. The minimum absolute atomic E-state index is 0.623. The van der Waals surface area contributed by atoms with Gasteiger partial charge in [0.15, 0.2) is 0 Å². The number of nitrogens with one attached hydrogen (secondary N) is 1. The molecule has 1 unspecified atom stereocenters. The van der Waals surface area contributed by atoms with E-state index in [0.717, 1.165) is 11.3 Å². The second-order valence-corrected chi connectivity index (χ2v) is 4.50. The minimum atomic E-state index is -0.863. The Morgan fingerprint density at radius 2 is 2.18 bits per heavy atom. The molecule has 2 N–H and O–H groups in total. The summed E-state index contributed by atoms with van der Waals surface area (Å²) < 4.78 is 0. The molecule has 0 aliphatic heterocycles. The van der Waals surface area contributed by atoms with Crippen LogP contribution in [-0.2, 0) is 4.79 Å². The van der Waals surface area contributed by atoms with Crippen molar-refractivity contribution in [3.63, 3.8) is 0 Å². The number of carboxylic acids is 1. The third-order valence-electron chi connectivity index (χ3n) is 2.16. The number of hydrogen-bond acceptors (Lipinski definition) is 3. The molecule has 0 saturated carbocycles. The van der Waals surface area contributed by atoms with E-state index in [9.17, 15) is 4.79 Å². The third-order valence-corrected chi connectivity index (χ3v) is 3.02. The van der Waals surface area contributed by atoms with Crippen molar-refractivity contribution in [2.45, 2.75) is 6.04 Å². The van der Waals surface area contributed by atoms with E-state index >= 15 is 0 Å². The van der Waals surface area contributed by atoms with Crippen LogP contribution in [0.2, 0.25) is 0 Å². The van der Waals surface area contributed by atoms with Crippen LogP contribution in [0.1, 0.15) is 11.6 Å². The molecule has 3 nitrogen and oxygen atoms in total. The van der Waals surface area contributed by atoms with E-state index in [1.165, 1.54) is 0 Å². The van der Waals surface area contributed by atoms with E-state index in [-0.39, 0.29) is 0 Å². The van der Waals surface area contributed by atoms with Crippen molar-refractivity contribution < 1.29 is 9.90 Å². The maximum absolute atomic E-state index is 11.1. The standard InChI is InChI=1S/C13H15NO2S/c1-2-9-17-10-8-14-12(13(15)16)11-6-4-3-5-7-11/h1,3-7,12,14H,8-10H2,(H,15,16). The fourth-order valence-electron chi connectivity index (χ4n) is 1.40. The summed E-state index contributed by atoms with van der Waals surface area (Å²) in [7, 11) is 0. The van der Waals surface area contributed by atoms with E-state index in [1.54, 1.807) is 23.9 Å². The third kappa shape index (κ3) is 4.94. The van der Waals surface area contributed by atoms with E-state index in [1.807, 2.05) is 18.2 Å². The normalized spacial score (nSPS) is 11.7. The summed E-state index contributed by atoms with van der Waals surface area (Å²) >= 11 is 1.61. The number of rotatable bonds is 7.